The second-order valence-corrected chi connectivity index (χ2v) is 9.71. The van der Waals surface area contributed by atoms with Crippen molar-refractivity contribution < 1.29 is 13.2 Å². The average molecular weight is 437 g/mol. The Labute approximate surface area is 185 Å². The van der Waals surface area contributed by atoms with Gasteiger partial charge in [0, 0.05) is 13.6 Å². The summed E-state index contributed by atoms with van der Waals surface area (Å²) in [6.07, 6.45) is 0. The maximum absolute atomic E-state index is 13.6. The van der Waals surface area contributed by atoms with Crippen molar-refractivity contribution in [3.05, 3.63) is 95.1 Å². The van der Waals surface area contributed by atoms with E-state index in [1.807, 2.05) is 63.2 Å². The van der Waals surface area contributed by atoms with Gasteiger partial charge in [0.05, 0.1) is 10.6 Å². The lowest BCUT2D eigenvalue weighted by atomic mass is 10.1. The second-order valence-electron chi connectivity index (χ2n) is 7.85. The highest BCUT2D eigenvalue weighted by Gasteiger charge is 2.29. The third kappa shape index (κ3) is 5.33. The molecule has 6 heteroatoms. The summed E-state index contributed by atoms with van der Waals surface area (Å²) in [4.78, 5) is 14.8. The van der Waals surface area contributed by atoms with Gasteiger partial charge in [-0.2, -0.15) is 0 Å². The number of benzene rings is 3. The Morgan fingerprint density at radius 3 is 2.06 bits per heavy atom. The first-order valence-corrected chi connectivity index (χ1v) is 11.6. The fourth-order valence-corrected chi connectivity index (χ4v) is 4.89. The number of nitrogens with zero attached hydrogens (tertiary/aromatic N) is 2. The molecule has 0 heterocycles. The van der Waals surface area contributed by atoms with Crippen molar-refractivity contribution in [2.75, 3.05) is 17.9 Å². The molecule has 3 rings (SSSR count). The third-order valence-corrected chi connectivity index (χ3v) is 6.97. The van der Waals surface area contributed by atoms with Crippen LogP contribution in [0, 0.1) is 20.8 Å². The lowest BCUT2D eigenvalue weighted by Gasteiger charge is -2.28. The summed E-state index contributed by atoms with van der Waals surface area (Å²) < 4.78 is 28.3. The summed E-state index contributed by atoms with van der Waals surface area (Å²) in [6, 6.07) is 21.9. The van der Waals surface area contributed by atoms with Crippen LogP contribution in [0.4, 0.5) is 5.69 Å². The van der Waals surface area contributed by atoms with E-state index in [1.54, 1.807) is 42.3 Å². The number of sulfonamides is 1. The summed E-state index contributed by atoms with van der Waals surface area (Å²) in [7, 11) is -2.23. The van der Waals surface area contributed by atoms with Crippen LogP contribution in [0.5, 0.6) is 0 Å². The highest BCUT2D eigenvalue weighted by atomic mass is 32.2. The third-order valence-electron chi connectivity index (χ3n) is 5.20. The Kier molecular flexibility index (Phi) is 6.81. The molecule has 31 heavy (non-hydrogen) atoms. The van der Waals surface area contributed by atoms with Gasteiger partial charge in [-0.3, -0.25) is 9.10 Å². The van der Waals surface area contributed by atoms with E-state index >= 15 is 0 Å². The summed E-state index contributed by atoms with van der Waals surface area (Å²) in [5.41, 5.74) is 4.29. The molecule has 0 N–H and O–H groups in total. The first-order chi connectivity index (χ1) is 14.7. The van der Waals surface area contributed by atoms with Gasteiger partial charge in [0.25, 0.3) is 10.0 Å². The first kappa shape index (κ1) is 22.6. The molecule has 5 nitrogen and oxygen atoms in total. The van der Waals surface area contributed by atoms with Crippen molar-refractivity contribution >= 4 is 21.6 Å². The van der Waals surface area contributed by atoms with E-state index in [9.17, 15) is 13.2 Å². The van der Waals surface area contributed by atoms with E-state index in [1.165, 1.54) is 4.31 Å². The Morgan fingerprint density at radius 1 is 0.839 bits per heavy atom. The Bertz CT molecular complexity index is 1160. The first-order valence-electron chi connectivity index (χ1n) is 10.1. The van der Waals surface area contributed by atoms with E-state index in [2.05, 4.69) is 0 Å². The molecule has 1 amide bonds. The number of carbonyl (C=O) groups excluding carboxylic acids is 1. The van der Waals surface area contributed by atoms with Crippen LogP contribution in [0.25, 0.3) is 0 Å². The van der Waals surface area contributed by atoms with Gasteiger partial charge in [-0.25, -0.2) is 8.42 Å². The van der Waals surface area contributed by atoms with Crippen molar-refractivity contribution in [2.45, 2.75) is 32.2 Å². The fraction of sp³-hybridized carbons (Fsp3) is 0.240. The Hall–Kier alpha value is -3.12. The molecule has 0 atom stereocenters. The molecule has 3 aromatic rings. The van der Waals surface area contributed by atoms with Crippen LogP contribution in [0.2, 0.25) is 0 Å². The van der Waals surface area contributed by atoms with Crippen LogP contribution in [0.3, 0.4) is 0 Å². The number of rotatable bonds is 7. The van der Waals surface area contributed by atoms with Crippen molar-refractivity contribution in [2.24, 2.45) is 0 Å². The number of aryl methyl sites for hydroxylation is 3. The van der Waals surface area contributed by atoms with Crippen molar-refractivity contribution in [3.63, 3.8) is 0 Å². The summed E-state index contributed by atoms with van der Waals surface area (Å²) in [5.74, 6) is -0.278. The zero-order chi connectivity index (χ0) is 22.6. The molecule has 0 aliphatic carbocycles. The average Bonchev–Trinajstić information content (AvgIpc) is 2.73. The molecule has 0 saturated heterocycles. The lowest BCUT2D eigenvalue weighted by molar-refractivity contribution is -0.128. The van der Waals surface area contributed by atoms with Gasteiger partial charge in [-0.05, 0) is 50.1 Å². The minimum Gasteiger partial charge on any atom is -0.340 e. The van der Waals surface area contributed by atoms with Crippen LogP contribution >= 0.6 is 0 Å². The van der Waals surface area contributed by atoms with Gasteiger partial charge in [-0.15, -0.1) is 0 Å². The minimum atomic E-state index is -3.92. The van der Waals surface area contributed by atoms with E-state index in [4.69, 9.17) is 0 Å². The number of hydrogen-bond acceptors (Lipinski definition) is 3. The molecule has 0 aliphatic heterocycles. The van der Waals surface area contributed by atoms with E-state index in [0.29, 0.717) is 12.2 Å². The standard InChI is InChI=1S/C25H28N2O3S/c1-19-10-13-23(14-11-19)31(29,30)27(24-15-12-20(2)16-21(24)3)18-25(28)26(4)17-22-8-6-5-7-9-22/h5-16H,17-18H2,1-4H3. The van der Waals surface area contributed by atoms with Crippen molar-refractivity contribution in [3.8, 4) is 0 Å². The number of amides is 1. The molecule has 162 valence electrons. The van der Waals surface area contributed by atoms with E-state index in [-0.39, 0.29) is 17.3 Å². The quantitative estimate of drug-likeness (QED) is 0.549. The smallest absolute Gasteiger partial charge is 0.264 e. The maximum atomic E-state index is 13.6. The molecule has 3 aromatic carbocycles. The highest BCUT2D eigenvalue weighted by Crippen LogP contribution is 2.28. The zero-order valence-corrected chi connectivity index (χ0v) is 19.2. The highest BCUT2D eigenvalue weighted by molar-refractivity contribution is 7.92. The van der Waals surface area contributed by atoms with Gasteiger partial charge in [-0.1, -0.05) is 65.7 Å². The fourth-order valence-electron chi connectivity index (χ4n) is 3.41. The van der Waals surface area contributed by atoms with Crippen molar-refractivity contribution in [1.82, 2.24) is 4.90 Å². The SMILES string of the molecule is Cc1ccc(S(=O)(=O)N(CC(=O)N(C)Cc2ccccc2)c2ccc(C)cc2C)cc1. The molecule has 0 spiro atoms. The normalized spacial score (nSPS) is 11.2. The predicted octanol–water partition coefficient (Wildman–Crippen LogP) is 4.47. The van der Waals surface area contributed by atoms with Gasteiger partial charge >= 0.3 is 0 Å². The zero-order valence-electron chi connectivity index (χ0n) is 18.4. The molecular weight excluding hydrogens is 408 g/mol. The van der Waals surface area contributed by atoms with E-state index in [0.717, 1.165) is 22.3 Å². The summed E-state index contributed by atoms with van der Waals surface area (Å²) in [6.45, 7) is 5.85. The van der Waals surface area contributed by atoms with Crippen LogP contribution < -0.4 is 4.31 Å². The molecule has 0 radical (unpaired) electrons. The van der Waals surface area contributed by atoms with Crippen LogP contribution in [0.1, 0.15) is 22.3 Å². The van der Waals surface area contributed by atoms with Crippen molar-refractivity contribution in [1.29, 1.82) is 0 Å². The molecule has 0 fully saturated rings. The summed E-state index contributed by atoms with van der Waals surface area (Å²) in [5, 5.41) is 0. The summed E-state index contributed by atoms with van der Waals surface area (Å²) >= 11 is 0. The number of likely N-dealkylation sites (N-methyl/N-ethyl adjacent to an activating group) is 1. The van der Waals surface area contributed by atoms with Crippen LogP contribution in [-0.2, 0) is 21.4 Å². The van der Waals surface area contributed by atoms with Gasteiger partial charge in [0.2, 0.25) is 5.91 Å². The monoisotopic (exact) mass is 436 g/mol. The molecular formula is C25H28N2O3S. The molecule has 0 aliphatic rings. The molecule has 0 aromatic heterocycles. The number of anilines is 1. The lowest BCUT2D eigenvalue weighted by Crippen LogP contribution is -2.41. The second kappa shape index (κ2) is 9.35. The Balaban J connectivity index is 1.96. The van der Waals surface area contributed by atoms with Gasteiger partial charge < -0.3 is 4.90 Å². The van der Waals surface area contributed by atoms with E-state index < -0.39 is 10.0 Å². The predicted molar refractivity (Wildman–Crippen MR) is 125 cm³/mol. The topological polar surface area (TPSA) is 57.7 Å². The van der Waals surface area contributed by atoms with Crippen LogP contribution in [0.15, 0.2) is 77.7 Å². The number of hydrogen-bond donors (Lipinski definition) is 0. The maximum Gasteiger partial charge on any atom is 0.264 e. The molecule has 0 bridgehead atoms. The molecule has 0 saturated carbocycles. The number of carbonyl (C=O) groups is 1. The van der Waals surface area contributed by atoms with Crippen LogP contribution in [-0.4, -0.2) is 32.8 Å². The Morgan fingerprint density at radius 2 is 1.45 bits per heavy atom. The largest absolute Gasteiger partial charge is 0.340 e. The van der Waals surface area contributed by atoms with Gasteiger partial charge in [0.1, 0.15) is 6.54 Å². The minimum absolute atomic E-state index is 0.164. The molecule has 0 unspecified atom stereocenters. The van der Waals surface area contributed by atoms with Gasteiger partial charge in [0.15, 0.2) is 0 Å².